The molecule has 3 rings (SSSR count). The van der Waals surface area contributed by atoms with Crippen molar-refractivity contribution in [2.75, 3.05) is 26.4 Å². The molecule has 0 spiro atoms. The molecule has 0 aromatic heterocycles. The van der Waals surface area contributed by atoms with Crippen LogP contribution in [0.3, 0.4) is 0 Å². The highest BCUT2D eigenvalue weighted by atomic mass is 16.8. The summed E-state index contributed by atoms with van der Waals surface area (Å²) in [7, 11) is 0. The molecule has 3 saturated heterocycles. The van der Waals surface area contributed by atoms with Crippen molar-refractivity contribution in [3.63, 3.8) is 0 Å². The van der Waals surface area contributed by atoms with E-state index in [-0.39, 0.29) is 18.9 Å². The molecule has 3 heterocycles. The molecule has 19 nitrogen and oxygen atoms in total. The van der Waals surface area contributed by atoms with Crippen LogP contribution in [-0.4, -0.2) is 193 Å². The number of carbonyl (C=O) groups is 1. The molecule has 17 atom stereocenters. The largest absolute Gasteiger partial charge is 0.394 e. The fraction of sp³-hybridized carbons (Fsp3) is 0.803. The van der Waals surface area contributed by atoms with Crippen LogP contribution in [0.4, 0.5) is 0 Å². The van der Waals surface area contributed by atoms with E-state index in [9.17, 15) is 61.0 Å². The second-order valence-electron chi connectivity index (χ2n) is 26.4. The molecule has 0 aromatic rings. The molecule has 19 heteroatoms. The molecule has 3 aliphatic rings. The van der Waals surface area contributed by atoms with E-state index in [1.54, 1.807) is 6.08 Å². The Bertz CT molecular complexity index is 2050. The van der Waals surface area contributed by atoms with E-state index in [1.165, 1.54) is 161 Å². The normalized spacial score (nSPS) is 27.7. The summed E-state index contributed by atoms with van der Waals surface area (Å²) in [6.45, 7) is 1.35. The van der Waals surface area contributed by atoms with E-state index in [1.807, 2.05) is 19.1 Å². The lowest BCUT2D eigenvalue weighted by Gasteiger charge is -2.48. The fourth-order valence-corrected chi connectivity index (χ4v) is 12.3. The zero-order valence-electron chi connectivity index (χ0n) is 58.4. The van der Waals surface area contributed by atoms with Gasteiger partial charge in [-0.05, 0) is 77.6 Å². The Hall–Kier alpha value is -3.03. The lowest BCUT2D eigenvalue weighted by Crippen LogP contribution is -2.66. The third-order valence-electron chi connectivity index (χ3n) is 18.3. The van der Waals surface area contributed by atoms with Gasteiger partial charge in [0.25, 0.3) is 0 Å². The maximum atomic E-state index is 13.3. The molecule has 550 valence electrons. The topological polar surface area (TPSA) is 307 Å². The van der Waals surface area contributed by atoms with Crippen molar-refractivity contribution in [3.8, 4) is 0 Å². The van der Waals surface area contributed by atoms with Gasteiger partial charge in [-0.25, -0.2) is 0 Å². The Morgan fingerprint density at radius 2 is 0.747 bits per heavy atom. The van der Waals surface area contributed by atoms with Crippen LogP contribution in [0.15, 0.2) is 85.1 Å². The molecule has 0 aromatic carbocycles. The van der Waals surface area contributed by atoms with Crippen LogP contribution in [0.5, 0.6) is 0 Å². The molecule has 0 aliphatic carbocycles. The Morgan fingerprint density at radius 1 is 0.400 bits per heavy atom. The summed E-state index contributed by atoms with van der Waals surface area (Å²) < 4.78 is 34.2. The molecule has 17 unspecified atom stereocenters. The first-order valence-electron chi connectivity index (χ1n) is 37.3. The number of ether oxygens (including phenoxy) is 6. The number of carbonyl (C=O) groups excluding carboxylic acids is 1. The Kier molecular flexibility index (Phi) is 51.4. The highest BCUT2D eigenvalue weighted by Crippen LogP contribution is 2.33. The summed E-state index contributed by atoms with van der Waals surface area (Å²) >= 11 is 0. The van der Waals surface area contributed by atoms with Gasteiger partial charge in [-0.1, -0.05) is 259 Å². The van der Waals surface area contributed by atoms with Crippen LogP contribution in [0.1, 0.15) is 258 Å². The first-order chi connectivity index (χ1) is 46.3. The number of aliphatic hydroxyl groups excluding tert-OH is 11. The smallest absolute Gasteiger partial charge is 0.220 e. The average Bonchev–Trinajstić information content (AvgIpc) is 0.795. The zero-order chi connectivity index (χ0) is 68.9. The number of amides is 1. The van der Waals surface area contributed by atoms with E-state index >= 15 is 0 Å². The van der Waals surface area contributed by atoms with E-state index < -0.39 is 124 Å². The van der Waals surface area contributed by atoms with E-state index in [2.05, 4.69) is 79.1 Å². The van der Waals surface area contributed by atoms with E-state index in [0.29, 0.717) is 12.8 Å². The maximum absolute atomic E-state index is 13.3. The Balaban J connectivity index is 1.24. The lowest BCUT2D eigenvalue weighted by molar-refractivity contribution is -0.379. The summed E-state index contributed by atoms with van der Waals surface area (Å²) in [5.74, 6) is -0.291. The van der Waals surface area contributed by atoms with Crippen molar-refractivity contribution >= 4 is 5.91 Å². The predicted molar refractivity (Wildman–Crippen MR) is 374 cm³/mol. The second-order valence-corrected chi connectivity index (χ2v) is 26.4. The van der Waals surface area contributed by atoms with Gasteiger partial charge in [-0.15, -0.1) is 0 Å². The highest BCUT2D eigenvalue weighted by Gasteiger charge is 2.53. The van der Waals surface area contributed by atoms with Crippen molar-refractivity contribution < 1.29 is 89.4 Å². The van der Waals surface area contributed by atoms with Gasteiger partial charge in [0.2, 0.25) is 5.91 Å². The van der Waals surface area contributed by atoms with Gasteiger partial charge in [-0.2, -0.15) is 0 Å². The first kappa shape index (κ1) is 86.2. The number of hydrogen-bond donors (Lipinski definition) is 12. The van der Waals surface area contributed by atoms with Gasteiger partial charge in [0.05, 0.1) is 38.6 Å². The summed E-state index contributed by atoms with van der Waals surface area (Å²) in [5, 5.41) is 120. The van der Waals surface area contributed by atoms with Crippen molar-refractivity contribution in [1.82, 2.24) is 5.32 Å². The van der Waals surface area contributed by atoms with Crippen molar-refractivity contribution in [1.29, 1.82) is 0 Å². The van der Waals surface area contributed by atoms with Gasteiger partial charge in [0, 0.05) is 6.42 Å². The zero-order valence-corrected chi connectivity index (χ0v) is 58.4. The number of nitrogens with one attached hydrogen (secondary N) is 1. The summed E-state index contributed by atoms with van der Waals surface area (Å²) in [6.07, 6.45) is 48.1. The molecular formula is C76H133NO18. The van der Waals surface area contributed by atoms with Crippen LogP contribution < -0.4 is 5.32 Å². The maximum Gasteiger partial charge on any atom is 0.220 e. The molecule has 12 N–H and O–H groups in total. The molecule has 1 amide bonds. The molecule has 0 radical (unpaired) electrons. The fourth-order valence-electron chi connectivity index (χ4n) is 12.3. The minimum Gasteiger partial charge on any atom is -0.394 e. The van der Waals surface area contributed by atoms with Crippen LogP contribution in [0.25, 0.3) is 0 Å². The van der Waals surface area contributed by atoms with Crippen LogP contribution in [0.2, 0.25) is 0 Å². The minimum absolute atomic E-state index is 0.232. The molecule has 3 fully saturated rings. The van der Waals surface area contributed by atoms with Crippen LogP contribution in [-0.2, 0) is 33.2 Å². The van der Waals surface area contributed by atoms with Gasteiger partial charge < -0.3 is 89.9 Å². The van der Waals surface area contributed by atoms with Crippen molar-refractivity contribution in [3.05, 3.63) is 85.1 Å². The summed E-state index contributed by atoms with van der Waals surface area (Å²) in [4.78, 5) is 13.3. The van der Waals surface area contributed by atoms with E-state index in [4.69, 9.17) is 28.4 Å². The number of rotatable bonds is 57. The summed E-state index contributed by atoms with van der Waals surface area (Å²) in [5.41, 5.74) is 0. The van der Waals surface area contributed by atoms with Gasteiger partial charge in [0.15, 0.2) is 18.9 Å². The molecule has 0 saturated carbocycles. The number of hydrogen-bond acceptors (Lipinski definition) is 18. The average molecular weight is 1350 g/mol. The molecule has 95 heavy (non-hydrogen) atoms. The minimum atomic E-state index is -1.98. The molecular weight excluding hydrogens is 1210 g/mol. The monoisotopic (exact) mass is 1350 g/mol. The Labute approximate surface area is 571 Å². The van der Waals surface area contributed by atoms with Crippen LogP contribution >= 0.6 is 0 Å². The lowest BCUT2D eigenvalue weighted by atomic mass is 9.96. The number of allylic oxidation sites excluding steroid dienone is 13. The standard InChI is InChI=1S/C76H133NO18/c1-3-5-7-9-11-13-14-15-16-17-18-19-20-21-22-23-24-25-26-27-28-29-30-31-32-33-34-35-36-37-38-39-40-41-42-43-44-46-48-50-52-54-64(82)77-59(60(81)53-51-49-47-45-12-10-8-6-4-2)58-90-74-70(88)67(85)72(62(56-79)92-74)95-76-71(89)68(86)73(63(57-80)93-76)94-75-69(87)66(84)65(83)61(55-78)91-75/h4-7,11-13,15-16,18-19,45,51,53,59-63,65-76,78-81,83-89H,3,8-10,14,17,20-44,46-50,52,54-58H2,1-2H3,(H,77,82)/b6-4+,7-5-,13-11-,16-15-,19-18-,45-12+,53-51+. The van der Waals surface area contributed by atoms with Crippen molar-refractivity contribution in [2.45, 2.75) is 362 Å². The third kappa shape index (κ3) is 37.8. The third-order valence-corrected chi connectivity index (χ3v) is 18.3. The van der Waals surface area contributed by atoms with Gasteiger partial charge in [-0.3, -0.25) is 4.79 Å². The van der Waals surface area contributed by atoms with E-state index in [0.717, 1.165) is 64.2 Å². The molecule has 3 aliphatic heterocycles. The molecule has 0 bridgehead atoms. The SMILES string of the molecule is C/C=C/CC/C=C/CC/C=C/C(O)C(COC1OC(CO)C(OC2OC(CO)C(OC3OC(CO)C(O)C(O)C3O)C(O)C2O)C(O)C1O)NC(=O)CCCCCCCCCCCCCCCCCCCCCCCCCCCCCC/C=C\C/C=C\C/C=C\C/C=C\CC. The first-order valence-corrected chi connectivity index (χ1v) is 37.3. The number of unbranched alkanes of at least 4 members (excludes halogenated alkanes) is 30. The Morgan fingerprint density at radius 3 is 1.18 bits per heavy atom. The summed E-state index contributed by atoms with van der Waals surface area (Å²) in [6, 6.07) is -0.995. The number of aliphatic hydroxyl groups is 11. The van der Waals surface area contributed by atoms with Gasteiger partial charge in [0.1, 0.15) is 73.2 Å². The van der Waals surface area contributed by atoms with Crippen molar-refractivity contribution in [2.24, 2.45) is 0 Å². The highest BCUT2D eigenvalue weighted by molar-refractivity contribution is 5.76. The quantitative estimate of drug-likeness (QED) is 0.0199. The second kappa shape index (κ2) is 56.7. The van der Waals surface area contributed by atoms with Crippen LogP contribution in [0, 0.1) is 0 Å². The predicted octanol–water partition coefficient (Wildman–Crippen LogP) is 11.1. The van der Waals surface area contributed by atoms with Gasteiger partial charge >= 0.3 is 0 Å².